The Labute approximate surface area is 160 Å². The fourth-order valence-electron chi connectivity index (χ4n) is 2.16. The van der Waals surface area contributed by atoms with Crippen LogP contribution in [0, 0.1) is 0 Å². The van der Waals surface area contributed by atoms with Crippen molar-refractivity contribution in [2.75, 3.05) is 31.2 Å². The summed E-state index contributed by atoms with van der Waals surface area (Å²) in [6.45, 7) is 0.975. The third-order valence-electron chi connectivity index (χ3n) is 3.38. The predicted octanol–water partition coefficient (Wildman–Crippen LogP) is 1.13. The fraction of sp³-hybridized carbons (Fsp3) is 0.615. The SMILES string of the molecule is CS(=O)(=O)N(C[C-]=O)CCCCCCNc1nsc2nccn12.[W]. The zero-order chi connectivity index (χ0) is 16.7. The molecule has 2 aromatic rings. The Hall–Kier alpha value is -0.832. The van der Waals surface area contributed by atoms with Gasteiger partial charge in [-0.1, -0.05) is 19.4 Å². The van der Waals surface area contributed by atoms with Gasteiger partial charge in [0.25, 0.3) is 0 Å². The number of hydrogen-bond donors (Lipinski definition) is 1. The number of nitrogens with one attached hydrogen (secondary N) is 1. The first-order valence-corrected chi connectivity index (χ1v) is 9.97. The van der Waals surface area contributed by atoms with Crippen LogP contribution in [0.2, 0.25) is 0 Å². The van der Waals surface area contributed by atoms with E-state index in [-0.39, 0.29) is 27.6 Å². The zero-order valence-electron chi connectivity index (χ0n) is 13.3. The van der Waals surface area contributed by atoms with Crippen LogP contribution in [0.1, 0.15) is 25.7 Å². The smallest absolute Gasteiger partial charge is 0.220 e. The van der Waals surface area contributed by atoms with E-state index in [1.54, 1.807) is 12.5 Å². The summed E-state index contributed by atoms with van der Waals surface area (Å²) < 4.78 is 30.2. The monoisotopic (exact) mass is 542 g/mol. The van der Waals surface area contributed by atoms with Crippen molar-refractivity contribution in [3.8, 4) is 0 Å². The minimum Gasteiger partial charge on any atom is -0.541 e. The maximum absolute atomic E-state index is 11.4. The molecule has 2 aromatic heterocycles. The van der Waals surface area contributed by atoms with Gasteiger partial charge in [0.05, 0.1) is 6.26 Å². The molecule has 1 N–H and O–H groups in total. The Balaban J connectivity index is 0.00000288. The van der Waals surface area contributed by atoms with Gasteiger partial charge in [0, 0.05) is 58.1 Å². The van der Waals surface area contributed by atoms with Gasteiger partial charge in [0.1, 0.15) is 0 Å². The van der Waals surface area contributed by atoms with E-state index in [0.29, 0.717) is 6.54 Å². The third kappa shape index (κ3) is 6.23. The fourth-order valence-corrected chi connectivity index (χ4v) is 3.58. The Morgan fingerprint density at radius 2 is 2.08 bits per heavy atom. The molecule has 134 valence electrons. The molecule has 8 nitrogen and oxygen atoms in total. The number of anilines is 1. The molecule has 0 aliphatic heterocycles. The molecule has 24 heavy (non-hydrogen) atoms. The number of sulfonamides is 1. The van der Waals surface area contributed by atoms with Gasteiger partial charge in [-0.3, -0.25) is 4.40 Å². The number of hydrogen-bond acceptors (Lipinski definition) is 7. The van der Waals surface area contributed by atoms with E-state index in [2.05, 4.69) is 14.7 Å². The Kier molecular flexibility index (Phi) is 9.04. The quantitative estimate of drug-likeness (QED) is 0.338. The summed E-state index contributed by atoms with van der Waals surface area (Å²) in [7, 11) is -3.33. The van der Waals surface area contributed by atoms with Crippen LogP contribution in [0.5, 0.6) is 0 Å². The Morgan fingerprint density at radius 1 is 1.33 bits per heavy atom. The average Bonchev–Trinajstić information content (AvgIpc) is 3.08. The molecule has 0 aliphatic carbocycles. The normalized spacial score (nSPS) is 11.6. The van der Waals surface area contributed by atoms with E-state index in [1.165, 1.54) is 11.5 Å². The predicted molar refractivity (Wildman–Crippen MR) is 89.9 cm³/mol. The second kappa shape index (κ2) is 10.2. The van der Waals surface area contributed by atoms with Gasteiger partial charge < -0.3 is 10.1 Å². The van der Waals surface area contributed by atoms with E-state index >= 15 is 0 Å². The second-order valence-electron chi connectivity index (χ2n) is 5.17. The van der Waals surface area contributed by atoms with Gasteiger partial charge in [-0.15, -0.1) is 0 Å². The van der Waals surface area contributed by atoms with Crippen molar-refractivity contribution >= 4 is 38.8 Å². The maximum Gasteiger partial charge on any atom is 0.220 e. The summed E-state index contributed by atoms with van der Waals surface area (Å²) in [6.07, 6.45) is 9.94. The van der Waals surface area contributed by atoms with E-state index in [4.69, 9.17) is 0 Å². The molecule has 2 heterocycles. The molecule has 0 fully saturated rings. The van der Waals surface area contributed by atoms with Crippen LogP contribution in [0.25, 0.3) is 4.96 Å². The van der Waals surface area contributed by atoms with E-state index in [0.717, 1.165) is 53.7 Å². The minimum absolute atomic E-state index is 0. The molecule has 0 saturated carbocycles. The summed E-state index contributed by atoms with van der Waals surface area (Å²) in [5.41, 5.74) is 0. The van der Waals surface area contributed by atoms with Gasteiger partial charge in [-0.05, 0) is 12.8 Å². The van der Waals surface area contributed by atoms with E-state index < -0.39 is 10.0 Å². The first kappa shape index (κ1) is 21.2. The molecule has 0 saturated heterocycles. The number of nitrogens with zero attached hydrogens (tertiary/aromatic N) is 4. The average molecular weight is 542 g/mol. The molecule has 0 aliphatic rings. The number of carbonyl (C=O) groups excluding carboxylic acids is 1. The zero-order valence-corrected chi connectivity index (χ0v) is 17.9. The molecule has 2 rings (SSSR count). The van der Waals surface area contributed by atoms with Gasteiger partial charge in [-0.25, -0.2) is 24.0 Å². The first-order chi connectivity index (χ1) is 11.0. The van der Waals surface area contributed by atoms with Gasteiger partial charge in [0.15, 0.2) is 0 Å². The molecular weight excluding hydrogens is 522 g/mol. The van der Waals surface area contributed by atoms with Crippen molar-refractivity contribution in [3.63, 3.8) is 0 Å². The number of imidazole rings is 1. The van der Waals surface area contributed by atoms with E-state index in [9.17, 15) is 13.2 Å². The molecule has 0 bridgehead atoms. The second-order valence-corrected chi connectivity index (χ2v) is 7.88. The summed E-state index contributed by atoms with van der Waals surface area (Å²) in [5, 5.41) is 3.26. The van der Waals surface area contributed by atoms with Crippen molar-refractivity contribution in [2.45, 2.75) is 25.7 Å². The molecular formula is C13H20N5O3S2W-. The van der Waals surface area contributed by atoms with Crippen LogP contribution < -0.4 is 5.32 Å². The molecule has 0 aromatic carbocycles. The van der Waals surface area contributed by atoms with Gasteiger partial charge >= 0.3 is 0 Å². The van der Waals surface area contributed by atoms with Crippen LogP contribution >= 0.6 is 11.5 Å². The molecule has 0 unspecified atom stereocenters. The number of aromatic nitrogens is 3. The van der Waals surface area contributed by atoms with Crippen molar-refractivity contribution in [3.05, 3.63) is 12.4 Å². The summed E-state index contributed by atoms with van der Waals surface area (Å²) in [5.74, 6) is 0.798. The van der Waals surface area contributed by atoms with Gasteiger partial charge in [-0.2, -0.15) is 4.37 Å². The Morgan fingerprint density at radius 3 is 2.79 bits per heavy atom. The maximum atomic E-state index is 11.4. The molecule has 0 radical (unpaired) electrons. The molecule has 0 atom stereocenters. The van der Waals surface area contributed by atoms with Gasteiger partial charge in [0.2, 0.25) is 20.9 Å². The number of unbranched alkanes of at least 4 members (excludes halogenated alkanes) is 3. The topological polar surface area (TPSA) is 96.7 Å². The van der Waals surface area contributed by atoms with Crippen LogP contribution in [0.3, 0.4) is 0 Å². The minimum atomic E-state index is -3.33. The summed E-state index contributed by atoms with van der Waals surface area (Å²) in [6, 6.07) is 0. The molecule has 0 amide bonds. The van der Waals surface area contributed by atoms with Crippen molar-refractivity contribution in [2.24, 2.45) is 0 Å². The van der Waals surface area contributed by atoms with Crippen molar-refractivity contribution in [1.82, 2.24) is 18.1 Å². The summed E-state index contributed by atoms with van der Waals surface area (Å²) >= 11 is 1.35. The standard InChI is InChI=1S/C13H20N5O3S2.W/c1-23(20,21)17(10-11-19)8-5-3-2-4-6-14-12-16-22-13-15-7-9-18(12)13;/h7,9H,2-6,8,10H2,1H3,(H,14,16);/q-1;. The number of fused-ring (bicyclic) bond motifs is 1. The van der Waals surface area contributed by atoms with Crippen LogP contribution in [-0.4, -0.2) is 58.7 Å². The molecule has 0 spiro atoms. The largest absolute Gasteiger partial charge is 0.541 e. The van der Waals surface area contributed by atoms with Crippen LogP contribution in [0.4, 0.5) is 5.95 Å². The van der Waals surface area contributed by atoms with Crippen LogP contribution in [0.15, 0.2) is 12.4 Å². The van der Waals surface area contributed by atoms with Crippen LogP contribution in [-0.2, 0) is 35.9 Å². The van der Waals surface area contributed by atoms with Crippen molar-refractivity contribution < 1.29 is 34.3 Å². The third-order valence-corrected chi connectivity index (χ3v) is 5.36. The number of rotatable bonds is 11. The molecule has 11 heteroatoms. The Bertz CT molecular complexity index is 731. The van der Waals surface area contributed by atoms with Crippen molar-refractivity contribution in [1.29, 1.82) is 0 Å². The first-order valence-electron chi connectivity index (χ1n) is 7.35. The van der Waals surface area contributed by atoms with E-state index in [1.807, 2.05) is 10.6 Å². The summed E-state index contributed by atoms with van der Waals surface area (Å²) in [4.78, 5) is 15.4.